The highest BCUT2D eigenvalue weighted by atomic mass is 35.5. The van der Waals surface area contributed by atoms with Gasteiger partial charge in [0.15, 0.2) is 0 Å². The van der Waals surface area contributed by atoms with Crippen LogP contribution in [0.1, 0.15) is 57.1 Å². The zero-order valence-electron chi connectivity index (χ0n) is 23.1. The first-order valence-corrected chi connectivity index (χ1v) is 14.5. The summed E-state index contributed by atoms with van der Waals surface area (Å²) in [5.41, 5.74) is 2.45. The average molecular weight is 551 g/mol. The molecular weight excluding hydrogens is 512 g/mol. The lowest BCUT2D eigenvalue weighted by molar-refractivity contribution is -0.138. The van der Waals surface area contributed by atoms with E-state index in [-0.39, 0.29) is 29.7 Å². The minimum Gasteiger partial charge on any atom is -0.344 e. The van der Waals surface area contributed by atoms with Gasteiger partial charge in [-0.3, -0.25) is 14.4 Å². The van der Waals surface area contributed by atoms with Crippen LogP contribution in [0.2, 0.25) is 5.02 Å². The summed E-state index contributed by atoms with van der Waals surface area (Å²) in [6, 6.07) is 15.2. The second-order valence-electron chi connectivity index (χ2n) is 11.8. The fourth-order valence-corrected chi connectivity index (χ4v) is 6.62. The van der Waals surface area contributed by atoms with Crippen molar-refractivity contribution in [3.8, 4) is 0 Å². The molecule has 0 radical (unpaired) electrons. The first-order chi connectivity index (χ1) is 18.7. The summed E-state index contributed by atoms with van der Waals surface area (Å²) in [6.07, 6.45) is 4.40. The number of likely N-dealkylation sites (tertiary alicyclic amines) is 1. The first-order valence-electron chi connectivity index (χ1n) is 14.1. The van der Waals surface area contributed by atoms with Crippen molar-refractivity contribution in [3.63, 3.8) is 0 Å². The molecule has 208 valence electrons. The highest BCUT2D eigenvalue weighted by Crippen LogP contribution is 2.43. The van der Waals surface area contributed by atoms with Crippen LogP contribution in [-0.2, 0) is 26.2 Å². The number of benzene rings is 2. The second kappa shape index (κ2) is 11.3. The first kappa shape index (κ1) is 27.7. The maximum Gasteiger partial charge on any atom is 0.245 e. The topological polar surface area (TPSA) is 81.8 Å². The molecule has 2 heterocycles. The molecule has 2 aromatic rings. The molecule has 0 spiro atoms. The van der Waals surface area contributed by atoms with Gasteiger partial charge in [-0.15, -0.1) is 0 Å². The van der Waals surface area contributed by atoms with Gasteiger partial charge in [0.05, 0.1) is 5.41 Å². The van der Waals surface area contributed by atoms with Crippen LogP contribution in [0.25, 0.3) is 0 Å². The Balaban J connectivity index is 1.28. The highest BCUT2D eigenvalue weighted by Gasteiger charge is 2.47. The number of amides is 3. The third kappa shape index (κ3) is 5.57. The summed E-state index contributed by atoms with van der Waals surface area (Å²) < 4.78 is 0. The number of halogens is 1. The number of anilines is 1. The summed E-state index contributed by atoms with van der Waals surface area (Å²) in [4.78, 5) is 44.3. The molecular formula is C31H39ClN4O3. The third-order valence-electron chi connectivity index (χ3n) is 8.91. The summed E-state index contributed by atoms with van der Waals surface area (Å²) in [6.45, 7) is 5.07. The van der Waals surface area contributed by atoms with Gasteiger partial charge in [0.25, 0.3) is 0 Å². The largest absolute Gasteiger partial charge is 0.344 e. The molecule has 0 aromatic heterocycles. The standard InChI is InChI=1S/C31H39ClN4O3/c1-31(2)25-6-4-5-7-27(25)36(30(31)39)24-14-16-35(17-15-24)29(38)26(18-20-8-11-22(32)12-9-20)34-28(37)21-10-13-23(19-21)33-3/h4-9,11-12,21,23-24,26,33H,10,13-19H2,1-3H3,(H,34,37). The molecule has 1 saturated carbocycles. The van der Waals surface area contributed by atoms with Gasteiger partial charge in [0.2, 0.25) is 17.7 Å². The molecule has 0 bridgehead atoms. The fraction of sp³-hybridized carbons (Fsp3) is 0.516. The van der Waals surface area contributed by atoms with E-state index in [1.165, 1.54) is 0 Å². The SMILES string of the molecule is CNC1CCC(C(=O)NC(Cc2ccc(Cl)cc2)C(=O)N2CCC(N3C(=O)C(C)(C)c4ccccc43)CC2)C1. The quantitative estimate of drug-likeness (QED) is 0.544. The van der Waals surface area contributed by atoms with Crippen molar-refractivity contribution in [1.82, 2.24) is 15.5 Å². The van der Waals surface area contributed by atoms with E-state index in [1.54, 1.807) is 0 Å². The van der Waals surface area contributed by atoms with E-state index in [9.17, 15) is 14.4 Å². The lowest BCUT2D eigenvalue weighted by Crippen LogP contribution is -2.55. The molecule has 3 amide bonds. The Morgan fingerprint density at radius 3 is 2.38 bits per heavy atom. The number of nitrogens with one attached hydrogen (secondary N) is 2. The van der Waals surface area contributed by atoms with Crippen LogP contribution in [0.15, 0.2) is 48.5 Å². The number of carbonyl (C=O) groups excluding carboxylic acids is 3. The summed E-state index contributed by atoms with van der Waals surface area (Å²) >= 11 is 6.08. The van der Waals surface area contributed by atoms with Crippen molar-refractivity contribution < 1.29 is 14.4 Å². The Kier molecular flexibility index (Phi) is 8.01. The van der Waals surface area contributed by atoms with Crippen LogP contribution >= 0.6 is 11.6 Å². The van der Waals surface area contributed by atoms with E-state index in [4.69, 9.17) is 11.6 Å². The number of carbonyl (C=O) groups is 3. The van der Waals surface area contributed by atoms with Crippen molar-refractivity contribution in [1.29, 1.82) is 0 Å². The van der Waals surface area contributed by atoms with Gasteiger partial charge in [-0.05, 0) is 82.3 Å². The number of hydrogen-bond donors (Lipinski definition) is 2. The second-order valence-corrected chi connectivity index (χ2v) is 12.2. The van der Waals surface area contributed by atoms with E-state index in [0.717, 1.165) is 36.1 Å². The number of hydrogen-bond acceptors (Lipinski definition) is 4. The van der Waals surface area contributed by atoms with E-state index < -0.39 is 11.5 Å². The van der Waals surface area contributed by atoms with Crippen LogP contribution < -0.4 is 15.5 Å². The van der Waals surface area contributed by atoms with Gasteiger partial charge in [0, 0.05) is 48.2 Å². The van der Waals surface area contributed by atoms with Crippen molar-refractivity contribution in [2.24, 2.45) is 5.92 Å². The molecule has 2 aromatic carbocycles. The maximum absolute atomic E-state index is 13.8. The molecule has 3 atom stereocenters. The predicted molar refractivity (Wildman–Crippen MR) is 154 cm³/mol. The van der Waals surface area contributed by atoms with Crippen LogP contribution in [0, 0.1) is 5.92 Å². The van der Waals surface area contributed by atoms with Crippen molar-refractivity contribution >= 4 is 35.0 Å². The Bertz CT molecular complexity index is 1220. The summed E-state index contributed by atoms with van der Waals surface area (Å²) in [5, 5.41) is 7.01. The Hall–Kier alpha value is -2.90. The van der Waals surface area contributed by atoms with Crippen LogP contribution in [0.3, 0.4) is 0 Å². The smallest absolute Gasteiger partial charge is 0.245 e. The van der Waals surface area contributed by atoms with Crippen molar-refractivity contribution in [2.75, 3.05) is 25.0 Å². The van der Waals surface area contributed by atoms with Gasteiger partial charge in [-0.2, -0.15) is 0 Å². The van der Waals surface area contributed by atoms with E-state index in [2.05, 4.69) is 10.6 Å². The molecule has 2 aliphatic heterocycles. The minimum absolute atomic E-state index is 0.0450. The Morgan fingerprint density at radius 1 is 1.03 bits per heavy atom. The molecule has 5 rings (SSSR count). The lowest BCUT2D eigenvalue weighted by Gasteiger charge is -2.39. The number of para-hydroxylation sites is 1. The lowest BCUT2D eigenvalue weighted by atomic mass is 9.86. The molecule has 1 saturated heterocycles. The molecule has 39 heavy (non-hydrogen) atoms. The predicted octanol–water partition coefficient (Wildman–Crippen LogP) is 4.07. The molecule has 3 aliphatic rings. The van der Waals surface area contributed by atoms with Crippen LogP contribution in [0.5, 0.6) is 0 Å². The van der Waals surface area contributed by atoms with Gasteiger partial charge in [-0.25, -0.2) is 0 Å². The monoisotopic (exact) mass is 550 g/mol. The summed E-state index contributed by atoms with van der Waals surface area (Å²) in [7, 11) is 1.93. The van der Waals surface area contributed by atoms with E-state index in [0.29, 0.717) is 43.4 Å². The highest BCUT2D eigenvalue weighted by molar-refractivity contribution is 6.30. The average Bonchev–Trinajstić information content (AvgIpc) is 3.51. The molecule has 8 heteroatoms. The number of fused-ring (bicyclic) bond motifs is 1. The van der Waals surface area contributed by atoms with Gasteiger partial charge in [0.1, 0.15) is 6.04 Å². The normalized spacial score (nSPS) is 23.5. The molecule has 2 N–H and O–H groups in total. The van der Waals surface area contributed by atoms with E-state index in [1.807, 2.05) is 79.2 Å². The van der Waals surface area contributed by atoms with Crippen molar-refractivity contribution in [3.05, 3.63) is 64.7 Å². The molecule has 1 aliphatic carbocycles. The maximum atomic E-state index is 13.8. The van der Waals surface area contributed by atoms with Crippen LogP contribution in [-0.4, -0.2) is 60.9 Å². The number of piperidine rings is 1. The molecule has 7 nitrogen and oxygen atoms in total. The fourth-order valence-electron chi connectivity index (χ4n) is 6.49. The van der Waals surface area contributed by atoms with Crippen molar-refractivity contribution in [2.45, 2.75) is 75.9 Å². The number of nitrogens with zero attached hydrogens (tertiary/aromatic N) is 2. The van der Waals surface area contributed by atoms with Gasteiger partial charge < -0.3 is 20.4 Å². The third-order valence-corrected chi connectivity index (χ3v) is 9.16. The van der Waals surface area contributed by atoms with E-state index >= 15 is 0 Å². The zero-order chi connectivity index (χ0) is 27.7. The Labute approximate surface area is 236 Å². The van der Waals surface area contributed by atoms with Crippen LogP contribution in [0.4, 0.5) is 5.69 Å². The molecule has 2 fully saturated rings. The van der Waals surface area contributed by atoms with Gasteiger partial charge >= 0.3 is 0 Å². The molecule has 3 unspecified atom stereocenters. The van der Waals surface area contributed by atoms with Gasteiger partial charge in [-0.1, -0.05) is 41.9 Å². The summed E-state index contributed by atoms with van der Waals surface area (Å²) in [5.74, 6) is -0.0686. The minimum atomic E-state index is -0.642. The Morgan fingerprint density at radius 2 is 1.72 bits per heavy atom. The zero-order valence-corrected chi connectivity index (χ0v) is 23.8. The number of rotatable bonds is 7.